The van der Waals surface area contributed by atoms with Gasteiger partial charge in [-0.2, -0.15) is 0 Å². The average molecular weight is 381 g/mol. The topological polar surface area (TPSA) is 89.1 Å². The second kappa shape index (κ2) is 12.3. The van der Waals surface area contributed by atoms with Crippen LogP contribution in [-0.4, -0.2) is 87.0 Å². The molecule has 0 aromatic rings. The molecule has 0 spiro atoms. The third-order valence-corrected chi connectivity index (χ3v) is 4.30. The number of rotatable bonds is 9. The molecule has 1 fully saturated rings. The fourth-order valence-corrected chi connectivity index (χ4v) is 2.63. The Hall–Kier alpha value is -2.09. The number of likely N-dealkylation sites (N-methyl/N-ethyl adjacent to an activating group) is 1. The van der Waals surface area contributed by atoms with Crippen molar-refractivity contribution in [2.75, 3.05) is 53.4 Å². The molecular formula is C19H36N6O2. The van der Waals surface area contributed by atoms with Crippen molar-refractivity contribution in [1.82, 2.24) is 25.8 Å². The van der Waals surface area contributed by atoms with E-state index in [1.54, 1.807) is 14.1 Å². The lowest BCUT2D eigenvalue weighted by molar-refractivity contribution is -0.127. The van der Waals surface area contributed by atoms with Crippen LogP contribution in [0.25, 0.3) is 0 Å². The second-order valence-corrected chi connectivity index (χ2v) is 7.31. The smallest absolute Gasteiger partial charge is 0.243 e. The first-order chi connectivity index (χ1) is 12.8. The number of nitrogens with zero attached hydrogens (tertiary/aromatic N) is 3. The molecule has 1 aliphatic rings. The van der Waals surface area contributed by atoms with Crippen LogP contribution in [0.2, 0.25) is 0 Å². The van der Waals surface area contributed by atoms with Gasteiger partial charge < -0.3 is 20.9 Å². The number of carbonyl (C=O) groups is 2. The summed E-state index contributed by atoms with van der Waals surface area (Å²) in [6.45, 7) is 11.5. The summed E-state index contributed by atoms with van der Waals surface area (Å²) in [7, 11) is 3.44. The minimum absolute atomic E-state index is 0.0423. The molecule has 0 aliphatic carbocycles. The number of hydrogen-bond donors (Lipinski definition) is 3. The minimum atomic E-state index is -0.0423. The summed E-state index contributed by atoms with van der Waals surface area (Å²) in [5.41, 5.74) is 0.997. The zero-order chi connectivity index (χ0) is 20.2. The molecular weight excluding hydrogens is 344 g/mol. The van der Waals surface area contributed by atoms with Gasteiger partial charge in [-0.3, -0.25) is 14.5 Å². The van der Waals surface area contributed by atoms with Crippen LogP contribution in [0.5, 0.6) is 0 Å². The van der Waals surface area contributed by atoms with Crippen molar-refractivity contribution < 1.29 is 9.59 Å². The van der Waals surface area contributed by atoms with Crippen LogP contribution >= 0.6 is 0 Å². The fraction of sp³-hybridized carbons (Fsp3) is 0.737. The number of likely N-dealkylation sites (tertiary alicyclic amines) is 1. The van der Waals surface area contributed by atoms with Gasteiger partial charge in [0, 0.05) is 46.3 Å². The third-order valence-electron chi connectivity index (χ3n) is 4.30. The molecule has 154 valence electrons. The van der Waals surface area contributed by atoms with E-state index >= 15 is 0 Å². The molecule has 1 aliphatic heterocycles. The minimum Gasteiger partial charge on any atom is -0.355 e. The van der Waals surface area contributed by atoms with Crippen molar-refractivity contribution >= 4 is 17.8 Å². The van der Waals surface area contributed by atoms with Gasteiger partial charge in [-0.05, 0) is 26.2 Å². The largest absolute Gasteiger partial charge is 0.355 e. The van der Waals surface area contributed by atoms with Crippen molar-refractivity contribution in [2.24, 2.45) is 4.99 Å². The molecule has 1 heterocycles. The molecule has 0 saturated carbocycles. The molecule has 3 N–H and O–H groups in total. The monoisotopic (exact) mass is 380 g/mol. The molecule has 8 heteroatoms. The molecule has 0 unspecified atom stereocenters. The van der Waals surface area contributed by atoms with Gasteiger partial charge in [0.2, 0.25) is 11.8 Å². The Morgan fingerprint density at radius 3 is 2.44 bits per heavy atom. The normalized spacial score (nSPS) is 15.9. The highest BCUT2D eigenvalue weighted by Gasteiger charge is 2.21. The maximum atomic E-state index is 11.8. The van der Waals surface area contributed by atoms with Gasteiger partial charge in [0.15, 0.2) is 5.96 Å². The Balaban J connectivity index is 2.49. The summed E-state index contributed by atoms with van der Waals surface area (Å²) in [4.78, 5) is 31.7. The molecule has 0 aromatic heterocycles. The predicted octanol–water partition coefficient (Wildman–Crippen LogP) is 0.177. The summed E-state index contributed by atoms with van der Waals surface area (Å²) >= 11 is 0. The standard InChI is InChI=1S/C19H36N6O2/c1-6-9-20-17(26)14-25-10-7-16(8-11-25)23-19(21-12-15(2)3)22-13-18(27)24(4)5/h16H,2,6-14H2,1,3-5H3,(H,20,26)(H2,21,22,23). The van der Waals surface area contributed by atoms with Crippen molar-refractivity contribution in [1.29, 1.82) is 0 Å². The molecule has 1 rings (SSSR count). The Morgan fingerprint density at radius 1 is 1.22 bits per heavy atom. The van der Waals surface area contributed by atoms with Crippen LogP contribution in [0.15, 0.2) is 17.1 Å². The Labute approximate surface area is 163 Å². The number of carbonyl (C=O) groups excluding carboxylic acids is 2. The van der Waals surface area contributed by atoms with Crippen LogP contribution < -0.4 is 16.0 Å². The number of piperidine rings is 1. The molecule has 8 nitrogen and oxygen atoms in total. The van der Waals surface area contributed by atoms with Crippen molar-refractivity contribution in [3.05, 3.63) is 12.2 Å². The van der Waals surface area contributed by atoms with Crippen LogP contribution in [0.4, 0.5) is 0 Å². The Kier molecular flexibility index (Phi) is 10.5. The average Bonchev–Trinajstić information content (AvgIpc) is 2.63. The highest BCUT2D eigenvalue weighted by Crippen LogP contribution is 2.10. The van der Waals surface area contributed by atoms with E-state index in [9.17, 15) is 9.59 Å². The summed E-state index contributed by atoms with van der Waals surface area (Å²) < 4.78 is 0. The summed E-state index contributed by atoms with van der Waals surface area (Å²) in [5.74, 6) is 0.683. The number of nitrogens with one attached hydrogen (secondary N) is 3. The Bertz CT molecular complexity index is 524. The zero-order valence-corrected chi connectivity index (χ0v) is 17.3. The van der Waals surface area contributed by atoms with Gasteiger partial charge in [-0.1, -0.05) is 19.1 Å². The first-order valence-corrected chi connectivity index (χ1v) is 9.70. The lowest BCUT2D eigenvalue weighted by Gasteiger charge is -2.32. The molecule has 0 atom stereocenters. The van der Waals surface area contributed by atoms with E-state index in [1.807, 2.05) is 13.8 Å². The molecule has 0 radical (unpaired) electrons. The number of amides is 2. The predicted molar refractivity (Wildman–Crippen MR) is 110 cm³/mol. The quantitative estimate of drug-likeness (QED) is 0.302. The van der Waals surface area contributed by atoms with Gasteiger partial charge in [0.05, 0.1) is 6.54 Å². The molecule has 1 saturated heterocycles. The van der Waals surface area contributed by atoms with Crippen LogP contribution in [-0.2, 0) is 9.59 Å². The highest BCUT2D eigenvalue weighted by molar-refractivity contribution is 5.85. The summed E-state index contributed by atoms with van der Waals surface area (Å²) in [6.07, 6.45) is 2.81. The van der Waals surface area contributed by atoms with E-state index in [1.165, 1.54) is 4.90 Å². The van der Waals surface area contributed by atoms with Crippen molar-refractivity contribution in [3.63, 3.8) is 0 Å². The molecule has 2 amide bonds. The van der Waals surface area contributed by atoms with E-state index < -0.39 is 0 Å². The van der Waals surface area contributed by atoms with E-state index in [0.29, 0.717) is 19.0 Å². The van der Waals surface area contributed by atoms with Gasteiger partial charge in [0.1, 0.15) is 6.54 Å². The zero-order valence-electron chi connectivity index (χ0n) is 17.3. The van der Waals surface area contributed by atoms with E-state index in [0.717, 1.165) is 44.5 Å². The summed E-state index contributed by atoms with van der Waals surface area (Å²) in [6, 6.07) is 0.269. The first kappa shape index (κ1) is 23.0. The van der Waals surface area contributed by atoms with Crippen molar-refractivity contribution in [3.8, 4) is 0 Å². The third kappa shape index (κ3) is 9.98. The molecule has 27 heavy (non-hydrogen) atoms. The van der Waals surface area contributed by atoms with Gasteiger partial charge in [-0.15, -0.1) is 0 Å². The van der Waals surface area contributed by atoms with Crippen molar-refractivity contribution in [2.45, 2.75) is 39.2 Å². The molecule has 0 aromatic carbocycles. The highest BCUT2D eigenvalue weighted by atomic mass is 16.2. The number of aliphatic imine (C=N–C) groups is 1. The fourth-order valence-electron chi connectivity index (χ4n) is 2.63. The summed E-state index contributed by atoms with van der Waals surface area (Å²) in [5, 5.41) is 9.55. The lowest BCUT2D eigenvalue weighted by Crippen LogP contribution is -2.50. The number of hydrogen-bond acceptors (Lipinski definition) is 4. The van der Waals surface area contributed by atoms with Gasteiger partial charge >= 0.3 is 0 Å². The Morgan fingerprint density at radius 2 is 1.89 bits per heavy atom. The number of guanidine groups is 1. The van der Waals surface area contributed by atoms with E-state index in [-0.39, 0.29) is 24.4 Å². The SMILES string of the molecule is C=C(C)CNC(=NCC(=O)N(C)C)NC1CCN(CC(=O)NCCC)CC1. The van der Waals surface area contributed by atoms with Crippen LogP contribution in [0.3, 0.4) is 0 Å². The van der Waals surface area contributed by atoms with Crippen LogP contribution in [0, 0.1) is 0 Å². The van der Waals surface area contributed by atoms with E-state index in [2.05, 4.69) is 32.4 Å². The second-order valence-electron chi connectivity index (χ2n) is 7.31. The maximum absolute atomic E-state index is 11.8. The van der Waals surface area contributed by atoms with Crippen LogP contribution in [0.1, 0.15) is 33.1 Å². The molecule has 0 bridgehead atoms. The maximum Gasteiger partial charge on any atom is 0.243 e. The lowest BCUT2D eigenvalue weighted by atomic mass is 10.1. The van der Waals surface area contributed by atoms with Gasteiger partial charge in [-0.25, -0.2) is 4.99 Å². The van der Waals surface area contributed by atoms with E-state index in [4.69, 9.17) is 0 Å². The first-order valence-electron chi connectivity index (χ1n) is 9.70. The van der Waals surface area contributed by atoms with Gasteiger partial charge in [0.25, 0.3) is 0 Å².